The maximum Gasteiger partial charge on any atom is 0.226 e. The van der Waals surface area contributed by atoms with Crippen LogP contribution in [-0.2, 0) is 12.8 Å². The van der Waals surface area contributed by atoms with Gasteiger partial charge in [-0.05, 0) is 55.8 Å². The zero-order valence-electron chi connectivity index (χ0n) is 12.2. The van der Waals surface area contributed by atoms with Crippen molar-refractivity contribution < 1.29 is 4.52 Å². The number of aryl methyl sites for hydroxylation is 1. The van der Waals surface area contributed by atoms with Gasteiger partial charge in [-0.15, -0.1) is 0 Å². The van der Waals surface area contributed by atoms with Crippen LogP contribution < -0.4 is 5.32 Å². The molecular formula is C17H21N3O. The molecule has 2 unspecified atom stereocenters. The van der Waals surface area contributed by atoms with Gasteiger partial charge in [0.2, 0.25) is 5.89 Å². The van der Waals surface area contributed by atoms with E-state index in [9.17, 15) is 0 Å². The first-order valence-electron chi connectivity index (χ1n) is 8.01. The summed E-state index contributed by atoms with van der Waals surface area (Å²) in [6.07, 6.45) is 5.63. The molecule has 1 fully saturated rings. The standard InChI is InChI=1S/C17H21N3O/c1-2-6-14-13(4-1)5-3-7-15(14)17-19-16(21-20-17)10-12-8-9-18-11-12/h1-2,4,6,12,15,18H,3,5,7-11H2. The van der Waals surface area contributed by atoms with Crippen molar-refractivity contribution in [2.45, 2.75) is 38.0 Å². The number of nitrogens with zero attached hydrogens (tertiary/aromatic N) is 2. The number of fused-ring (bicyclic) bond motifs is 1. The normalized spacial score (nSPS) is 25.0. The number of rotatable bonds is 3. The van der Waals surface area contributed by atoms with Crippen LogP contribution in [0.2, 0.25) is 0 Å². The smallest absolute Gasteiger partial charge is 0.226 e. The number of hydrogen-bond donors (Lipinski definition) is 1. The lowest BCUT2D eigenvalue weighted by molar-refractivity contribution is 0.351. The van der Waals surface area contributed by atoms with Crippen molar-refractivity contribution in [2.24, 2.45) is 5.92 Å². The maximum absolute atomic E-state index is 5.51. The lowest BCUT2D eigenvalue weighted by atomic mass is 9.82. The Morgan fingerprint density at radius 2 is 2.19 bits per heavy atom. The molecule has 1 aromatic heterocycles. The van der Waals surface area contributed by atoms with E-state index in [1.807, 2.05) is 0 Å². The highest BCUT2D eigenvalue weighted by molar-refractivity contribution is 5.36. The fourth-order valence-electron chi connectivity index (χ4n) is 3.65. The van der Waals surface area contributed by atoms with Gasteiger partial charge >= 0.3 is 0 Å². The third-order valence-corrected chi connectivity index (χ3v) is 4.79. The Morgan fingerprint density at radius 1 is 1.24 bits per heavy atom. The van der Waals surface area contributed by atoms with E-state index in [1.54, 1.807) is 0 Å². The topological polar surface area (TPSA) is 51.0 Å². The summed E-state index contributed by atoms with van der Waals surface area (Å²) in [6.45, 7) is 2.19. The zero-order valence-corrected chi connectivity index (χ0v) is 12.2. The fourth-order valence-corrected chi connectivity index (χ4v) is 3.65. The molecule has 2 heterocycles. The van der Waals surface area contributed by atoms with Crippen LogP contribution in [0.1, 0.15) is 48.0 Å². The molecular weight excluding hydrogens is 262 g/mol. The zero-order chi connectivity index (χ0) is 14.1. The Bertz CT molecular complexity index is 616. The van der Waals surface area contributed by atoms with Crippen molar-refractivity contribution in [1.82, 2.24) is 15.5 Å². The number of nitrogens with one attached hydrogen (secondary N) is 1. The van der Waals surface area contributed by atoms with Crippen LogP contribution >= 0.6 is 0 Å². The van der Waals surface area contributed by atoms with Gasteiger partial charge in [0.25, 0.3) is 0 Å². The van der Waals surface area contributed by atoms with Crippen LogP contribution in [0.5, 0.6) is 0 Å². The SMILES string of the molecule is c1ccc2c(c1)CCCC2c1noc(CC2CCNC2)n1. The average molecular weight is 283 g/mol. The van der Waals surface area contributed by atoms with Gasteiger partial charge in [-0.25, -0.2) is 0 Å². The van der Waals surface area contributed by atoms with Crippen LogP contribution in [0.15, 0.2) is 28.8 Å². The molecule has 0 amide bonds. The van der Waals surface area contributed by atoms with Gasteiger partial charge in [-0.1, -0.05) is 29.4 Å². The Kier molecular flexibility index (Phi) is 3.47. The highest BCUT2D eigenvalue weighted by atomic mass is 16.5. The Hall–Kier alpha value is -1.68. The van der Waals surface area contributed by atoms with Gasteiger partial charge in [-0.3, -0.25) is 0 Å². The minimum atomic E-state index is 0.314. The Morgan fingerprint density at radius 3 is 3.10 bits per heavy atom. The van der Waals surface area contributed by atoms with Crippen molar-refractivity contribution in [1.29, 1.82) is 0 Å². The van der Waals surface area contributed by atoms with Crippen molar-refractivity contribution in [3.05, 3.63) is 47.1 Å². The molecule has 4 nitrogen and oxygen atoms in total. The van der Waals surface area contributed by atoms with E-state index in [0.29, 0.717) is 11.8 Å². The summed E-state index contributed by atoms with van der Waals surface area (Å²) in [5.74, 6) is 2.65. The first-order valence-corrected chi connectivity index (χ1v) is 8.01. The van der Waals surface area contributed by atoms with Crippen LogP contribution in [-0.4, -0.2) is 23.2 Å². The number of aromatic nitrogens is 2. The van der Waals surface area contributed by atoms with Crippen LogP contribution in [0, 0.1) is 5.92 Å². The largest absolute Gasteiger partial charge is 0.339 e. The summed E-state index contributed by atoms with van der Waals surface area (Å²) >= 11 is 0. The monoisotopic (exact) mass is 283 g/mol. The van der Waals surface area contributed by atoms with Gasteiger partial charge in [0.15, 0.2) is 5.82 Å². The van der Waals surface area contributed by atoms with E-state index in [0.717, 1.165) is 37.6 Å². The Balaban J connectivity index is 1.56. The highest BCUT2D eigenvalue weighted by Crippen LogP contribution is 2.35. The molecule has 1 N–H and O–H groups in total. The summed E-state index contributed by atoms with van der Waals surface area (Å²) in [6, 6.07) is 8.68. The first kappa shape index (κ1) is 13.0. The second-order valence-electron chi connectivity index (χ2n) is 6.25. The summed E-state index contributed by atoms with van der Waals surface area (Å²) in [5, 5.41) is 7.66. The van der Waals surface area contributed by atoms with Gasteiger partial charge in [0, 0.05) is 12.3 Å². The van der Waals surface area contributed by atoms with Crippen LogP contribution in [0.4, 0.5) is 0 Å². The molecule has 0 spiro atoms. The van der Waals surface area contributed by atoms with E-state index in [-0.39, 0.29) is 0 Å². The minimum absolute atomic E-state index is 0.314. The lowest BCUT2D eigenvalue weighted by Crippen LogP contribution is -2.13. The van der Waals surface area contributed by atoms with E-state index in [2.05, 4.69) is 34.7 Å². The minimum Gasteiger partial charge on any atom is -0.339 e. The summed E-state index contributed by atoms with van der Waals surface area (Å²) in [7, 11) is 0. The second-order valence-corrected chi connectivity index (χ2v) is 6.25. The third-order valence-electron chi connectivity index (χ3n) is 4.79. The molecule has 2 aliphatic rings. The number of hydrogen-bond acceptors (Lipinski definition) is 4. The predicted octanol–water partition coefficient (Wildman–Crippen LogP) is 2.69. The molecule has 110 valence electrons. The van der Waals surface area contributed by atoms with Crippen LogP contribution in [0.25, 0.3) is 0 Å². The first-order chi connectivity index (χ1) is 10.4. The van der Waals surface area contributed by atoms with Gasteiger partial charge < -0.3 is 9.84 Å². The molecule has 21 heavy (non-hydrogen) atoms. The molecule has 2 atom stereocenters. The van der Waals surface area contributed by atoms with Crippen molar-refractivity contribution >= 4 is 0 Å². The predicted molar refractivity (Wildman–Crippen MR) is 80.2 cm³/mol. The summed E-state index contributed by atoms with van der Waals surface area (Å²) in [4.78, 5) is 4.69. The van der Waals surface area contributed by atoms with E-state index < -0.39 is 0 Å². The molecule has 0 saturated carbocycles. The van der Waals surface area contributed by atoms with E-state index >= 15 is 0 Å². The molecule has 2 aromatic rings. The summed E-state index contributed by atoms with van der Waals surface area (Å²) < 4.78 is 5.51. The van der Waals surface area contributed by atoms with E-state index in [4.69, 9.17) is 9.51 Å². The third kappa shape index (κ3) is 2.60. The molecule has 0 radical (unpaired) electrons. The molecule has 4 heteroatoms. The highest BCUT2D eigenvalue weighted by Gasteiger charge is 2.26. The summed E-state index contributed by atoms with van der Waals surface area (Å²) in [5.41, 5.74) is 2.83. The molecule has 1 aromatic carbocycles. The van der Waals surface area contributed by atoms with Gasteiger partial charge in [0.1, 0.15) is 0 Å². The maximum atomic E-state index is 5.51. The molecule has 1 saturated heterocycles. The van der Waals surface area contributed by atoms with E-state index in [1.165, 1.54) is 30.4 Å². The Labute approximate surface area is 124 Å². The molecule has 1 aliphatic heterocycles. The molecule has 1 aliphatic carbocycles. The van der Waals surface area contributed by atoms with Crippen molar-refractivity contribution in [3.8, 4) is 0 Å². The van der Waals surface area contributed by atoms with Crippen LogP contribution in [0.3, 0.4) is 0 Å². The van der Waals surface area contributed by atoms with Gasteiger partial charge in [0.05, 0.1) is 0 Å². The fraction of sp³-hybridized carbons (Fsp3) is 0.529. The van der Waals surface area contributed by atoms with Crippen molar-refractivity contribution in [2.75, 3.05) is 13.1 Å². The van der Waals surface area contributed by atoms with Gasteiger partial charge in [-0.2, -0.15) is 4.98 Å². The second kappa shape index (κ2) is 5.60. The van der Waals surface area contributed by atoms with Crippen molar-refractivity contribution in [3.63, 3.8) is 0 Å². The molecule has 0 bridgehead atoms. The average Bonchev–Trinajstić information content (AvgIpc) is 3.19. The quantitative estimate of drug-likeness (QED) is 0.941. The lowest BCUT2D eigenvalue weighted by Gasteiger charge is -2.22. The molecule has 4 rings (SSSR count). The number of benzene rings is 1.